The van der Waals surface area contributed by atoms with Gasteiger partial charge in [0.2, 0.25) is 0 Å². The zero-order chi connectivity index (χ0) is 13.3. The van der Waals surface area contributed by atoms with Gasteiger partial charge in [0.25, 0.3) is 0 Å². The van der Waals surface area contributed by atoms with Crippen LogP contribution < -0.4 is 10.5 Å². The first-order chi connectivity index (χ1) is 8.49. The van der Waals surface area contributed by atoms with E-state index in [4.69, 9.17) is 22.1 Å². The molecule has 2 aromatic rings. The van der Waals surface area contributed by atoms with E-state index in [1.54, 1.807) is 22.9 Å². The van der Waals surface area contributed by atoms with Gasteiger partial charge in [0.1, 0.15) is 12.4 Å². The summed E-state index contributed by atoms with van der Waals surface area (Å²) in [5.74, 6) is 0.681. The predicted molar refractivity (Wildman–Crippen MR) is 75.8 cm³/mol. The van der Waals surface area contributed by atoms with Crippen LogP contribution in [-0.4, -0.2) is 9.78 Å². The van der Waals surface area contributed by atoms with Crippen molar-refractivity contribution in [1.29, 1.82) is 0 Å². The maximum atomic E-state index is 5.93. The van der Waals surface area contributed by atoms with Gasteiger partial charge in [-0.2, -0.15) is 5.10 Å². The summed E-state index contributed by atoms with van der Waals surface area (Å²) in [6.45, 7) is 2.35. The summed E-state index contributed by atoms with van der Waals surface area (Å²) in [5, 5.41) is 4.79. The number of hydrogen-bond donors (Lipinski definition) is 1. The Balaban J connectivity index is 2.14. The lowest BCUT2D eigenvalue weighted by molar-refractivity contribution is 0.294. The van der Waals surface area contributed by atoms with Crippen LogP contribution in [0.5, 0.6) is 5.75 Å². The van der Waals surface area contributed by atoms with Gasteiger partial charge in [0, 0.05) is 13.1 Å². The molecule has 2 N–H and O–H groups in total. The highest BCUT2D eigenvalue weighted by Crippen LogP contribution is 2.26. The van der Waals surface area contributed by atoms with Gasteiger partial charge in [0.05, 0.1) is 26.6 Å². The van der Waals surface area contributed by atoms with Gasteiger partial charge < -0.3 is 10.5 Å². The van der Waals surface area contributed by atoms with Crippen LogP contribution in [0.15, 0.2) is 22.7 Å². The van der Waals surface area contributed by atoms with E-state index < -0.39 is 0 Å². The van der Waals surface area contributed by atoms with Crippen molar-refractivity contribution in [2.75, 3.05) is 5.73 Å². The minimum Gasteiger partial charge on any atom is -0.487 e. The van der Waals surface area contributed by atoms with E-state index in [0.29, 0.717) is 23.1 Å². The smallest absolute Gasteiger partial charge is 0.131 e. The SMILES string of the molecule is Cc1nn(C)c(COc2ccc(N)c(Cl)c2)c1Br. The molecular formula is C12H13BrClN3O. The Morgan fingerprint density at radius 1 is 1.50 bits per heavy atom. The van der Waals surface area contributed by atoms with E-state index in [-0.39, 0.29) is 0 Å². The maximum Gasteiger partial charge on any atom is 0.131 e. The molecule has 6 heteroatoms. The zero-order valence-electron chi connectivity index (χ0n) is 10.1. The third-order valence-corrected chi connectivity index (χ3v) is 3.97. The second-order valence-corrected chi connectivity index (χ2v) is 5.14. The van der Waals surface area contributed by atoms with Gasteiger partial charge in [0.15, 0.2) is 0 Å². The number of rotatable bonds is 3. The number of nitrogens with zero attached hydrogens (tertiary/aromatic N) is 2. The Hall–Kier alpha value is -1.20. The number of nitrogens with two attached hydrogens (primary N) is 1. The second-order valence-electron chi connectivity index (χ2n) is 3.94. The second kappa shape index (κ2) is 5.20. The molecule has 0 aliphatic carbocycles. The average molecular weight is 331 g/mol. The van der Waals surface area contributed by atoms with Gasteiger partial charge in [-0.25, -0.2) is 0 Å². The standard InChI is InChI=1S/C12H13BrClN3O/c1-7-12(13)11(17(2)16-7)6-18-8-3-4-10(15)9(14)5-8/h3-5H,6,15H2,1-2H3. The molecule has 0 radical (unpaired) electrons. The summed E-state index contributed by atoms with van der Waals surface area (Å²) in [4.78, 5) is 0. The molecule has 0 saturated carbocycles. The van der Waals surface area contributed by atoms with Crippen LogP contribution in [0.2, 0.25) is 5.02 Å². The van der Waals surface area contributed by atoms with Crippen molar-refractivity contribution < 1.29 is 4.74 Å². The number of aryl methyl sites for hydroxylation is 2. The first-order valence-corrected chi connectivity index (χ1v) is 6.52. The highest BCUT2D eigenvalue weighted by Gasteiger charge is 2.11. The van der Waals surface area contributed by atoms with Crippen LogP contribution in [0.25, 0.3) is 0 Å². The van der Waals surface area contributed by atoms with Crippen molar-refractivity contribution in [2.45, 2.75) is 13.5 Å². The topological polar surface area (TPSA) is 53.1 Å². The number of benzene rings is 1. The fraction of sp³-hybridized carbons (Fsp3) is 0.250. The quantitative estimate of drug-likeness (QED) is 0.879. The summed E-state index contributed by atoms with van der Waals surface area (Å²) in [7, 11) is 1.88. The summed E-state index contributed by atoms with van der Waals surface area (Å²) < 4.78 is 8.43. The Kier molecular flexibility index (Phi) is 3.82. The van der Waals surface area contributed by atoms with Crippen LogP contribution in [0, 0.1) is 6.92 Å². The highest BCUT2D eigenvalue weighted by molar-refractivity contribution is 9.10. The number of anilines is 1. The molecule has 1 aromatic heterocycles. The van der Waals surface area contributed by atoms with E-state index in [2.05, 4.69) is 21.0 Å². The lowest BCUT2D eigenvalue weighted by Gasteiger charge is -2.08. The van der Waals surface area contributed by atoms with Gasteiger partial charge in [-0.05, 0) is 35.0 Å². The fourth-order valence-electron chi connectivity index (χ4n) is 1.59. The zero-order valence-corrected chi connectivity index (χ0v) is 12.4. The minimum atomic E-state index is 0.415. The number of hydrogen-bond acceptors (Lipinski definition) is 3. The Morgan fingerprint density at radius 3 is 2.78 bits per heavy atom. The van der Waals surface area contributed by atoms with E-state index in [1.807, 2.05) is 14.0 Å². The molecule has 1 heterocycles. The predicted octanol–water partition coefficient (Wildman–Crippen LogP) is 3.31. The highest BCUT2D eigenvalue weighted by atomic mass is 79.9. The van der Waals surface area contributed by atoms with Gasteiger partial charge in [-0.3, -0.25) is 4.68 Å². The first-order valence-electron chi connectivity index (χ1n) is 5.35. The Morgan fingerprint density at radius 2 is 2.22 bits per heavy atom. The van der Waals surface area contributed by atoms with Crippen LogP contribution in [0.4, 0.5) is 5.69 Å². The normalized spacial score (nSPS) is 10.7. The molecule has 4 nitrogen and oxygen atoms in total. The molecule has 0 unspecified atom stereocenters. The maximum absolute atomic E-state index is 5.93. The summed E-state index contributed by atoms with van der Waals surface area (Å²) >= 11 is 9.42. The molecule has 0 fully saturated rings. The molecule has 96 valence electrons. The van der Waals surface area contributed by atoms with E-state index >= 15 is 0 Å². The average Bonchev–Trinajstić information content (AvgIpc) is 2.56. The molecule has 0 aliphatic rings. The van der Waals surface area contributed by atoms with Crippen molar-refractivity contribution in [3.63, 3.8) is 0 Å². The van der Waals surface area contributed by atoms with Gasteiger partial charge >= 0.3 is 0 Å². The summed E-state index contributed by atoms with van der Waals surface area (Å²) in [6, 6.07) is 5.22. The summed E-state index contributed by atoms with van der Waals surface area (Å²) in [5.41, 5.74) is 8.09. The molecular weight excluding hydrogens is 318 g/mol. The number of halogens is 2. The molecule has 0 atom stereocenters. The lowest BCUT2D eigenvalue weighted by atomic mass is 10.3. The van der Waals surface area contributed by atoms with Crippen LogP contribution in [0.1, 0.15) is 11.4 Å². The Bertz CT molecular complexity index is 583. The molecule has 0 saturated heterocycles. The largest absolute Gasteiger partial charge is 0.487 e. The van der Waals surface area contributed by atoms with Crippen molar-refractivity contribution in [1.82, 2.24) is 9.78 Å². The van der Waals surface area contributed by atoms with Crippen molar-refractivity contribution in [3.8, 4) is 5.75 Å². The molecule has 18 heavy (non-hydrogen) atoms. The van der Waals surface area contributed by atoms with E-state index in [0.717, 1.165) is 15.9 Å². The first kappa shape index (κ1) is 13.2. The minimum absolute atomic E-state index is 0.415. The number of aromatic nitrogens is 2. The molecule has 0 aliphatic heterocycles. The van der Waals surface area contributed by atoms with Crippen molar-refractivity contribution in [3.05, 3.63) is 39.1 Å². The van der Waals surface area contributed by atoms with Crippen LogP contribution in [0.3, 0.4) is 0 Å². The van der Waals surface area contributed by atoms with Gasteiger partial charge in [-0.15, -0.1) is 0 Å². The third-order valence-electron chi connectivity index (χ3n) is 2.61. The molecule has 2 rings (SSSR count). The molecule has 0 bridgehead atoms. The third kappa shape index (κ3) is 2.62. The van der Waals surface area contributed by atoms with E-state index in [9.17, 15) is 0 Å². The van der Waals surface area contributed by atoms with Crippen molar-refractivity contribution in [2.24, 2.45) is 7.05 Å². The molecule has 0 spiro atoms. The monoisotopic (exact) mass is 329 g/mol. The number of ether oxygens (including phenoxy) is 1. The van der Waals surface area contributed by atoms with Gasteiger partial charge in [-0.1, -0.05) is 11.6 Å². The van der Waals surface area contributed by atoms with Crippen LogP contribution in [-0.2, 0) is 13.7 Å². The van der Waals surface area contributed by atoms with Crippen LogP contribution >= 0.6 is 27.5 Å². The Labute approximate surface area is 119 Å². The van der Waals surface area contributed by atoms with Crippen molar-refractivity contribution >= 4 is 33.2 Å². The van der Waals surface area contributed by atoms with E-state index in [1.165, 1.54) is 0 Å². The number of nitrogen functional groups attached to an aromatic ring is 1. The lowest BCUT2D eigenvalue weighted by Crippen LogP contribution is -2.03. The molecule has 1 aromatic carbocycles. The summed E-state index contributed by atoms with van der Waals surface area (Å²) in [6.07, 6.45) is 0. The fourth-order valence-corrected chi connectivity index (χ4v) is 2.21. The molecule has 0 amide bonds.